The highest BCUT2D eigenvalue weighted by Gasteiger charge is 1.95. The third-order valence-electron chi connectivity index (χ3n) is 1.33. The van der Waals surface area contributed by atoms with Crippen LogP contribution in [0.4, 0.5) is 0 Å². The fourth-order valence-corrected chi connectivity index (χ4v) is 0.671. The van der Waals surface area contributed by atoms with Crippen molar-refractivity contribution in [1.82, 2.24) is 9.47 Å². The van der Waals surface area contributed by atoms with Crippen LogP contribution < -0.4 is 5.01 Å². The molecule has 0 atom stereocenters. The Morgan fingerprint density at radius 3 is 2.33 bits per heavy atom. The van der Waals surface area contributed by atoms with Gasteiger partial charge in [0.1, 0.15) is 0 Å². The average Bonchev–Trinajstić information content (AvgIpc) is 1.84. The zero-order valence-corrected chi connectivity index (χ0v) is 5.78. The Morgan fingerprint density at radius 2 is 2.22 bits per heavy atom. The Kier molecular flexibility index (Phi) is 1.34. The number of nitrogens with zero attached hydrogens (tertiary/aromatic N) is 3. The van der Waals surface area contributed by atoms with E-state index < -0.39 is 0 Å². The molecule has 3 nitrogen and oxygen atoms in total. The summed E-state index contributed by atoms with van der Waals surface area (Å²) in [6, 6.07) is 0. The van der Waals surface area contributed by atoms with E-state index in [2.05, 4.69) is 6.58 Å². The summed E-state index contributed by atoms with van der Waals surface area (Å²) in [5, 5.41) is 1.89. The van der Waals surface area contributed by atoms with Gasteiger partial charge in [0, 0.05) is 26.5 Å². The van der Waals surface area contributed by atoms with Crippen LogP contribution in [0.2, 0.25) is 0 Å². The van der Waals surface area contributed by atoms with Crippen molar-refractivity contribution in [3.63, 3.8) is 0 Å². The molecule has 1 heterocycles. The molecular weight excluding hydrogens is 114 g/mol. The largest absolute Gasteiger partial charge is 0.278 e. The van der Waals surface area contributed by atoms with E-state index in [4.69, 9.17) is 0 Å². The van der Waals surface area contributed by atoms with E-state index in [1.165, 1.54) is 0 Å². The zero-order valence-electron chi connectivity index (χ0n) is 5.78. The predicted octanol–water partition coefficient (Wildman–Crippen LogP) is 0.538. The first-order chi connectivity index (χ1) is 4.25. The third-order valence-corrected chi connectivity index (χ3v) is 1.33. The first-order valence-electron chi connectivity index (χ1n) is 2.81. The zero-order chi connectivity index (χ0) is 6.85. The molecule has 0 saturated heterocycles. The highest BCUT2D eigenvalue weighted by Crippen LogP contribution is 1.90. The van der Waals surface area contributed by atoms with Gasteiger partial charge in [-0.25, -0.2) is 0 Å². The van der Waals surface area contributed by atoms with Crippen molar-refractivity contribution >= 4 is 0 Å². The van der Waals surface area contributed by atoms with Gasteiger partial charge in [-0.15, -0.1) is 0 Å². The molecule has 0 aliphatic carbocycles. The number of hydrogen-bond donors (Lipinski definition) is 0. The molecule has 50 valence electrons. The summed E-state index contributed by atoms with van der Waals surface area (Å²) in [5.74, 6) is 0. The quantitative estimate of drug-likeness (QED) is 0.562. The van der Waals surface area contributed by atoms with Crippen LogP contribution in [0.15, 0.2) is 25.2 Å². The van der Waals surface area contributed by atoms with Crippen molar-refractivity contribution < 1.29 is 0 Å². The number of rotatable bonds is 2. The first kappa shape index (κ1) is 6.01. The second-order valence-corrected chi connectivity index (χ2v) is 1.95. The minimum absolute atomic E-state index is 1.75. The maximum Gasteiger partial charge on any atom is 0.0633 e. The van der Waals surface area contributed by atoms with E-state index in [1.54, 1.807) is 6.20 Å². The van der Waals surface area contributed by atoms with Crippen LogP contribution in [-0.4, -0.2) is 16.5 Å². The van der Waals surface area contributed by atoms with Crippen molar-refractivity contribution in [2.24, 2.45) is 7.05 Å². The summed E-state index contributed by atoms with van der Waals surface area (Å²) in [6.07, 6.45) is 5.68. The van der Waals surface area contributed by atoms with E-state index >= 15 is 0 Å². The summed E-state index contributed by atoms with van der Waals surface area (Å²) in [4.78, 5) is 1.94. The van der Waals surface area contributed by atoms with Gasteiger partial charge in [0.25, 0.3) is 0 Å². The maximum atomic E-state index is 3.62. The third kappa shape index (κ3) is 0.850. The van der Waals surface area contributed by atoms with Gasteiger partial charge >= 0.3 is 0 Å². The lowest BCUT2D eigenvalue weighted by molar-refractivity contribution is 0.480. The van der Waals surface area contributed by atoms with Gasteiger partial charge in [-0.1, -0.05) is 6.58 Å². The van der Waals surface area contributed by atoms with Gasteiger partial charge in [-0.3, -0.25) is 9.69 Å². The first-order valence-corrected chi connectivity index (χ1v) is 2.81. The molecule has 3 heteroatoms. The molecule has 0 unspecified atom stereocenters. The molecule has 0 amide bonds. The average molecular weight is 125 g/mol. The van der Waals surface area contributed by atoms with Crippen LogP contribution >= 0.6 is 0 Å². The van der Waals surface area contributed by atoms with E-state index in [-0.39, 0.29) is 0 Å². The van der Waals surface area contributed by atoms with Crippen molar-refractivity contribution in [2.75, 3.05) is 12.1 Å². The fourth-order valence-electron chi connectivity index (χ4n) is 0.671. The fraction of sp³-hybridized carbons (Fsp3) is 0.333. The Labute approximate surface area is 54.7 Å². The van der Waals surface area contributed by atoms with Gasteiger partial charge in [-0.05, 0) is 0 Å². The molecule has 0 fully saturated rings. The van der Waals surface area contributed by atoms with Crippen LogP contribution in [0.1, 0.15) is 0 Å². The van der Waals surface area contributed by atoms with Crippen LogP contribution in [0.5, 0.6) is 0 Å². The summed E-state index contributed by atoms with van der Waals surface area (Å²) < 4.78 is 1.96. The SMILES string of the molecule is C=CN(C)n1ccn1C. The molecule has 0 aliphatic rings. The summed E-state index contributed by atoms with van der Waals surface area (Å²) in [7, 11) is 3.91. The highest BCUT2D eigenvalue weighted by atomic mass is 15.7. The lowest BCUT2D eigenvalue weighted by atomic mass is 10.8. The van der Waals surface area contributed by atoms with E-state index in [0.717, 1.165) is 0 Å². The molecule has 0 saturated carbocycles. The predicted molar refractivity (Wildman–Crippen MR) is 37.7 cm³/mol. The normalized spacial score (nSPS) is 9.56. The van der Waals surface area contributed by atoms with Crippen LogP contribution in [-0.2, 0) is 7.05 Å². The molecule has 0 aliphatic heterocycles. The summed E-state index contributed by atoms with van der Waals surface area (Å²) in [5.41, 5.74) is 0. The standard InChI is InChI=1S/C6H11N3/c1-4-7(2)9-6-5-8(9)3/h4-6H,1H2,2-3H3. The maximum absolute atomic E-state index is 3.62. The minimum atomic E-state index is 1.75. The van der Waals surface area contributed by atoms with Gasteiger partial charge < -0.3 is 0 Å². The molecule has 1 aromatic heterocycles. The molecular formula is C6H11N3. The van der Waals surface area contributed by atoms with E-state index in [0.29, 0.717) is 0 Å². The van der Waals surface area contributed by atoms with Crippen LogP contribution in [0.25, 0.3) is 0 Å². The van der Waals surface area contributed by atoms with Gasteiger partial charge in [0.15, 0.2) is 0 Å². The molecule has 0 N–H and O–H groups in total. The molecule has 0 bridgehead atoms. The molecule has 0 aromatic carbocycles. The minimum Gasteiger partial charge on any atom is -0.278 e. The van der Waals surface area contributed by atoms with Crippen LogP contribution in [0, 0.1) is 0 Å². The summed E-state index contributed by atoms with van der Waals surface area (Å²) in [6.45, 7) is 3.62. The molecule has 1 rings (SSSR count). The number of aryl methyl sites for hydroxylation is 1. The number of aromatic nitrogens is 2. The van der Waals surface area contributed by atoms with Gasteiger partial charge in [0.2, 0.25) is 0 Å². The lowest BCUT2D eigenvalue weighted by Crippen LogP contribution is -2.33. The Morgan fingerprint density at radius 1 is 1.56 bits per heavy atom. The van der Waals surface area contributed by atoms with Crippen molar-refractivity contribution in [1.29, 1.82) is 0 Å². The molecule has 0 radical (unpaired) electrons. The Hall–Kier alpha value is -1.12. The second kappa shape index (κ2) is 2.01. The second-order valence-electron chi connectivity index (χ2n) is 1.95. The molecule has 0 spiro atoms. The molecule has 9 heavy (non-hydrogen) atoms. The monoisotopic (exact) mass is 125 g/mol. The van der Waals surface area contributed by atoms with Crippen molar-refractivity contribution in [3.05, 3.63) is 25.2 Å². The Bertz CT molecular complexity index is 196. The smallest absolute Gasteiger partial charge is 0.0633 e. The topological polar surface area (TPSA) is 13.1 Å². The lowest BCUT2D eigenvalue weighted by Gasteiger charge is -2.24. The van der Waals surface area contributed by atoms with Gasteiger partial charge in [-0.2, -0.15) is 4.79 Å². The molecule has 1 aromatic rings. The summed E-state index contributed by atoms with van der Waals surface area (Å²) >= 11 is 0. The van der Waals surface area contributed by atoms with Crippen molar-refractivity contribution in [3.8, 4) is 0 Å². The van der Waals surface area contributed by atoms with Crippen molar-refractivity contribution in [2.45, 2.75) is 0 Å². The van der Waals surface area contributed by atoms with E-state index in [9.17, 15) is 0 Å². The Balaban J connectivity index is 2.70. The highest BCUT2D eigenvalue weighted by molar-refractivity contribution is 4.93. The van der Waals surface area contributed by atoms with Crippen LogP contribution in [0.3, 0.4) is 0 Å². The number of hydrogen-bond acceptors (Lipinski definition) is 1. The van der Waals surface area contributed by atoms with Gasteiger partial charge in [0.05, 0.1) is 6.20 Å². The van der Waals surface area contributed by atoms with E-state index in [1.807, 2.05) is 41.0 Å².